The number of hydrogen-bond acceptors (Lipinski definition) is 3. The van der Waals surface area contributed by atoms with Crippen LogP contribution in [0.2, 0.25) is 0 Å². The van der Waals surface area contributed by atoms with Gasteiger partial charge in [0, 0.05) is 5.56 Å². The van der Waals surface area contributed by atoms with E-state index in [2.05, 4.69) is 0 Å². The van der Waals surface area contributed by atoms with Crippen molar-refractivity contribution in [2.24, 2.45) is 0 Å². The molecule has 0 saturated heterocycles. The Morgan fingerprint density at radius 1 is 0.875 bits per heavy atom. The van der Waals surface area contributed by atoms with Gasteiger partial charge < -0.3 is 11.5 Å². The smallest absolute Gasteiger partial charge is 0.101 e. The third kappa shape index (κ3) is 1.57. The minimum absolute atomic E-state index is 0.351. The molecule has 0 heterocycles. The quantitative estimate of drug-likeness (QED) is 0.708. The molecule has 16 heavy (non-hydrogen) atoms. The normalized spacial score (nSPS) is 9.69. The van der Waals surface area contributed by atoms with Crippen molar-refractivity contribution in [3.8, 4) is 17.2 Å². The Kier molecular flexibility index (Phi) is 2.49. The summed E-state index contributed by atoms with van der Waals surface area (Å²) in [6.07, 6.45) is 0. The lowest BCUT2D eigenvalue weighted by molar-refractivity contribution is 1.48. The van der Waals surface area contributed by atoms with Crippen molar-refractivity contribution in [1.82, 2.24) is 0 Å². The summed E-state index contributed by atoms with van der Waals surface area (Å²) in [5.41, 5.74) is 14.8. The summed E-state index contributed by atoms with van der Waals surface area (Å²) in [4.78, 5) is 0. The fourth-order valence-electron chi connectivity index (χ4n) is 1.60. The lowest BCUT2D eigenvalue weighted by Gasteiger charge is -2.09. The number of rotatable bonds is 1. The Morgan fingerprint density at radius 2 is 1.56 bits per heavy atom. The largest absolute Gasteiger partial charge is 0.397 e. The molecule has 78 valence electrons. The number of benzene rings is 2. The molecule has 2 aromatic rings. The van der Waals surface area contributed by atoms with Gasteiger partial charge in [-0.3, -0.25) is 0 Å². The topological polar surface area (TPSA) is 75.8 Å². The van der Waals surface area contributed by atoms with Crippen LogP contribution in [0.5, 0.6) is 0 Å². The maximum Gasteiger partial charge on any atom is 0.101 e. The highest BCUT2D eigenvalue weighted by molar-refractivity contribution is 5.87. The fraction of sp³-hybridized carbons (Fsp3) is 0. The Hall–Kier alpha value is -2.47. The average Bonchev–Trinajstić information content (AvgIpc) is 2.34. The van der Waals surface area contributed by atoms with Crippen molar-refractivity contribution in [3.63, 3.8) is 0 Å². The number of nitrogen functional groups attached to an aromatic ring is 2. The van der Waals surface area contributed by atoms with Crippen molar-refractivity contribution in [3.05, 3.63) is 48.0 Å². The second kappa shape index (κ2) is 3.95. The standard InChI is InChI=1S/C13H11N3/c14-8-10-6-7-11(13(16)12(10)15)9-4-2-1-3-5-9/h1-7H,15-16H2. The maximum atomic E-state index is 8.82. The summed E-state index contributed by atoms with van der Waals surface area (Å²) in [5, 5.41) is 8.82. The molecule has 0 saturated carbocycles. The minimum atomic E-state index is 0.351. The average molecular weight is 209 g/mol. The summed E-state index contributed by atoms with van der Waals surface area (Å²) < 4.78 is 0. The number of anilines is 2. The van der Waals surface area contributed by atoms with E-state index in [1.807, 2.05) is 42.5 Å². The minimum Gasteiger partial charge on any atom is -0.397 e. The molecule has 0 atom stereocenters. The van der Waals surface area contributed by atoms with Crippen LogP contribution in [-0.4, -0.2) is 0 Å². The third-order valence-corrected chi connectivity index (χ3v) is 2.49. The maximum absolute atomic E-state index is 8.82. The first-order valence-corrected chi connectivity index (χ1v) is 4.87. The van der Waals surface area contributed by atoms with Gasteiger partial charge in [-0.1, -0.05) is 36.4 Å². The van der Waals surface area contributed by atoms with Crippen molar-refractivity contribution in [1.29, 1.82) is 5.26 Å². The zero-order valence-electron chi connectivity index (χ0n) is 8.64. The van der Waals surface area contributed by atoms with Crippen LogP contribution in [0.25, 0.3) is 11.1 Å². The first kappa shape index (κ1) is 10.1. The number of nitrogens with two attached hydrogens (primary N) is 2. The molecule has 0 aliphatic heterocycles. The molecule has 2 aromatic carbocycles. The summed E-state index contributed by atoms with van der Waals surface area (Å²) >= 11 is 0. The number of hydrogen-bond donors (Lipinski definition) is 2. The highest BCUT2D eigenvalue weighted by Gasteiger charge is 2.08. The molecular weight excluding hydrogens is 198 g/mol. The molecule has 0 aromatic heterocycles. The van der Waals surface area contributed by atoms with Gasteiger partial charge in [0.2, 0.25) is 0 Å². The molecular formula is C13H11N3. The van der Waals surface area contributed by atoms with Gasteiger partial charge in [-0.05, 0) is 11.6 Å². The summed E-state index contributed by atoms with van der Waals surface area (Å²) in [7, 11) is 0. The molecule has 0 aliphatic rings. The zero-order valence-corrected chi connectivity index (χ0v) is 8.64. The molecule has 0 amide bonds. The monoisotopic (exact) mass is 209 g/mol. The van der Waals surface area contributed by atoms with Gasteiger partial charge in [-0.25, -0.2) is 0 Å². The van der Waals surface area contributed by atoms with Crippen molar-refractivity contribution in [2.45, 2.75) is 0 Å². The van der Waals surface area contributed by atoms with Crippen molar-refractivity contribution >= 4 is 11.4 Å². The van der Waals surface area contributed by atoms with Gasteiger partial charge in [0.1, 0.15) is 6.07 Å². The van der Waals surface area contributed by atoms with Gasteiger partial charge in [-0.15, -0.1) is 0 Å². The second-order valence-electron chi connectivity index (χ2n) is 3.47. The summed E-state index contributed by atoms with van der Waals surface area (Å²) in [5.74, 6) is 0. The third-order valence-electron chi connectivity index (χ3n) is 2.49. The van der Waals surface area contributed by atoms with Crippen molar-refractivity contribution in [2.75, 3.05) is 11.5 Å². The van der Waals surface area contributed by atoms with Crippen LogP contribution in [0.3, 0.4) is 0 Å². The predicted molar refractivity (Wildman–Crippen MR) is 65.4 cm³/mol. The highest BCUT2D eigenvalue weighted by Crippen LogP contribution is 2.31. The lowest BCUT2D eigenvalue weighted by atomic mass is 10.0. The second-order valence-corrected chi connectivity index (χ2v) is 3.47. The lowest BCUT2D eigenvalue weighted by Crippen LogP contribution is -2.00. The number of nitrogens with zero attached hydrogens (tertiary/aromatic N) is 1. The molecule has 3 nitrogen and oxygen atoms in total. The highest BCUT2D eigenvalue weighted by atomic mass is 14.7. The predicted octanol–water partition coefficient (Wildman–Crippen LogP) is 2.39. The van der Waals surface area contributed by atoms with E-state index in [0.29, 0.717) is 16.9 Å². The van der Waals surface area contributed by atoms with E-state index < -0.39 is 0 Å². The van der Waals surface area contributed by atoms with Crippen LogP contribution in [0.4, 0.5) is 11.4 Å². The van der Waals surface area contributed by atoms with Gasteiger partial charge >= 0.3 is 0 Å². The van der Waals surface area contributed by atoms with E-state index in [4.69, 9.17) is 16.7 Å². The van der Waals surface area contributed by atoms with Gasteiger partial charge in [0.25, 0.3) is 0 Å². The molecule has 3 heteroatoms. The van der Waals surface area contributed by atoms with E-state index in [1.165, 1.54) is 0 Å². The molecule has 0 aliphatic carbocycles. The Labute approximate surface area is 93.9 Å². The summed E-state index contributed by atoms with van der Waals surface area (Å²) in [6, 6.07) is 15.2. The van der Waals surface area contributed by atoms with Crippen molar-refractivity contribution < 1.29 is 0 Å². The van der Waals surface area contributed by atoms with Crippen LogP contribution in [0, 0.1) is 11.3 Å². The van der Waals surface area contributed by atoms with Gasteiger partial charge in [-0.2, -0.15) is 5.26 Å². The molecule has 4 N–H and O–H groups in total. The summed E-state index contributed by atoms with van der Waals surface area (Å²) in [6.45, 7) is 0. The molecule has 0 fully saturated rings. The Morgan fingerprint density at radius 3 is 2.19 bits per heavy atom. The van der Waals surface area contributed by atoms with E-state index in [-0.39, 0.29) is 0 Å². The fourth-order valence-corrected chi connectivity index (χ4v) is 1.60. The molecule has 0 bridgehead atoms. The SMILES string of the molecule is N#Cc1ccc(-c2ccccc2)c(N)c1N. The van der Waals surface area contributed by atoms with Crippen LogP contribution in [0.15, 0.2) is 42.5 Å². The Bertz CT molecular complexity index is 553. The molecule has 0 spiro atoms. The van der Waals surface area contributed by atoms with Crippen LogP contribution >= 0.6 is 0 Å². The van der Waals surface area contributed by atoms with E-state index >= 15 is 0 Å². The number of nitriles is 1. The first-order valence-electron chi connectivity index (χ1n) is 4.87. The molecule has 0 radical (unpaired) electrons. The Balaban J connectivity index is 2.62. The van der Waals surface area contributed by atoms with Crippen LogP contribution in [-0.2, 0) is 0 Å². The molecule has 0 unspecified atom stereocenters. The van der Waals surface area contributed by atoms with Crippen LogP contribution in [0.1, 0.15) is 5.56 Å². The van der Waals surface area contributed by atoms with E-state index in [0.717, 1.165) is 11.1 Å². The van der Waals surface area contributed by atoms with E-state index in [9.17, 15) is 0 Å². The van der Waals surface area contributed by atoms with Gasteiger partial charge in [0.05, 0.1) is 16.9 Å². The molecule has 2 rings (SSSR count). The zero-order chi connectivity index (χ0) is 11.5. The van der Waals surface area contributed by atoms with Crippen LogP contribution < -0.4 is 11.5 Å². The van der Waals surface area contributed by atoms with E-state index in [1.54, 1.807) is 6.07 Å². The first-order chi connectivity index (χ1) is 7.74. The van der Waals surface area contributed by atoms with Gasteiger partial charge in [0.15, 0.2) is 0 Å².